The highest BCUT2D eigenvalue weighted by Gasteiger charge is 2.01. The molecule has 0 saturated heterocycles. The van der Waals surface area contributed by atoms with Crippen LogP contribution < -0.4 is 5.32 Å². The van der Waals surface area contributed by atoms with E-state index in [2.05, 4.69) is 5.32 Å². The van der Waals surface area contributed by atoms with Gasteiger partial charge in [0.05, 0.1) is 6.61 Å². The lowest BCUT2D eigenvalue weighted by molar-refractivity contribution is 0.251. The molecule has 0 radical (unpaired) electrons. The Kier molecular flexibility index (Phi) is 4.32. The molecule has 0 fully saturated rings. The summed E-state index contributed by atoms with van der Waals surface area (Å²) < 4.78 is 12.9. The molecule has 0 spiro atoms. The second-order valence-corrected chi connectivity index (χ2v) is 3.68. The van der Waals surface area contributed by atoms with Gasteiger partial charge in [0.25, 0.3) is 0 Å². The zero-order valence-electron chi connectivity index (χ0n) is 7.93. The molecule has 1 aromatic rings. The van der Waals surface area contributed by atoms with Crippen molar-refractivity contribution in [2.24, 2.45) is 0 Å². The lowest BCUT2D eigenvalue weighted by Gasteiger charge is -2.10. The molecule has 0 saturated carbocycles. The van der Waals surface area contributed by atoms with Gasteiger partial charge in [0.15, 0.2) is 0 Å². The molecule has 14 heavy (non-hydrogen) atoms. The number of aliphatic hydroxyl groups is 1. The van der Waals surface area contributed by atoms with Crippen molar-refractivity contribution in [3.8, 4) is 0 Å². The number of hydrogen-bond donors (Lipinski definition) is 2. The first-order chi connectivity index (χ1) is 6.61. The van der Waals surface area contributed by atoms with Gasteiger partial charge in [-0.05, 0) is 30.7 Å². The van der Waals surface area contributed by atoms with Crippen LogP contribution in [0.4, 0.5) is 4.39 Å². The zero-order chi connectivity index (χ0) is 10.6. The molecular weight excluding hydrogens is 205 g/mol. The maximum absolute atomic E-state index is 12.9. The fourth-order valence-electron chi connectivity index (χ4n) is 1.07. The van der Waals surface area contributed by atoms with E-state index in [0.717, 1.165) is 5.56 Å². The number of halogens is 2. The first-order valence-corrected chi connectivity index (χ1v) is 4.79. The van der Waals surface area contributed by atoms with Crippen molar-refractivity contribution in [1.29, 1.82) is 0 Å². The first kappa shape index (κ1) is 11.4. The first-order valence-electron chi connectivity index (χ1n) is 4.41. The molecule has 4 heteroatoms. The van der Waals surface area contributed by atoms with Crippen LogP contribution >= 0.6 is 11.6 Å². The van der Waals surface area contributed by atoms with Crippen molar-refractivity contribution in [2.45, 2.75) is 19.5 Å². The number of hydrogen-bond acceptors (Lipinski definition) is 2. The third kappa shape index (κ3) is 3.62. The Morgan fingerprint density at radius 1 is 1.50 bits per heavy atom. The highest BCUT2D eigenvalue weighted by Crippen LogP contribution is 2.13. The fraction of sp³-hybridized carbons (Fsp3) is 0.400. The highest BCUT2D eigenvalue weighted by atomic mass is 35.5. The summed E-state index contributed by atoms with van der Waals surface area (Å²) in [7, 11) is 0. The lowest BCUT2D eigenvalue weighted by Crippen LogP contribution is -2.28. The number of nitrogens with one attached hydrogen (secondary N) is 1. The van der Waals surface area contributed by atoms with Crippen molar-refractivity contribution >= 4 is 11.6 Å². The van der Waals surface area contributed by atoms with Crippen LogP contribution in [0.3, 0.4) is 0 Å². The summed E-state index contributed by atoms with van der Waals surface area (Å²) in [5.74, 6) is -0.342. The summed E-state index contributed by atoms with van der Waals surface area (Å²) in [5, 5.41) is 12.2. The molecule has 0 bridgehead atoms. The normalized spacial score (nSPS) is 12.9. The van der Waals surface area contributed by atoms with Gasteiger partial charge in [0, 0.05) is 17.6 Å². The standard InChI is InChI=1S/C10H13ClFNO/c1-7(6-14)13-5-8-2-9(11)4-10(12)3-8/h2-4,7,13-14H,5-6H2,1H3. The number of rotatable bonds is 4. The average Bonchev–Trinajstić information content (AvgIpc) is 2.12. The lowest BCUT2D eigenvalue weighted by atomic mass is 10.2. The van der Waals surface area contributed by atoms with Gasteiger partial charge < -0.3 is 10.4 Å². The summed E-state index contributed by atoms with van der Waals surface area (Å²) in [6, 6.07) is 4.38. The largest absolute Gasteiger partial charge is 0.395 e. The van der Waals surface area contributed by atoms with Crippen molar-refractivity contribution < 1.29 is 9.50 Å². The molecule has 0 heterocycles. The van der Waals surface area contributed by atoms with E-state index in [1.165, 1.54) is 12.1 Å². The van der Waals surface area contributed by atoms with Gasteiger partial charge in [-0.2, -0.15) is 0 Å². The Balaban J connectivity index is 2.58. The fourth-order valence-corrected chi connectivity index (χ4v) is 1.31. The molecular formula is C10H13ClFNO. The Labute approximate surface area is 87.7 Å². The number of aliphatic hydroxyl groups excluding tert-OH is 1. The summed E-state index contributed by atoms with van der Waals surface area (Å²) in [5.41, 5.74) is 0.773. The second-order valence-electron chi connectivity index (χ2n) is 3.24. The minimum atomic E-state index is -0.342. The van der Waals surface area contributed by atoms with E-state index in [1.54, 1.807) is 6.07 Å². The smallest absolute Gasteiger partial charge is 0.125 e. The molecule has 0 aromatic heterocycles. The zero-order valence-corrected chi connectivity index (χ0v) is 8.68. The van der Waals surface area contributed by atoms with Gasteiger partial charge in [-0.3, -0.25) is 0 Å². The van der Waals surface area contributed by atoms with Crippen LogP contribution in [-0.4, -0.2) is 17.8 Å². The molecule has 0 aliphatic heterocycles. The van der Waals surface area contributed by atoms with Crippen molar-refractivity contribution in [3.63, 3.8) is 0 Å². The van der Waals surface area contributed by atoms with Gasteiger partial charge in [-0.15, -0.1) is 0 Å². The highest BCUT2D eigenvalue weighted by molar-refractivity contribution is 6.30. The van der Waals surface area contributed by atoms with E-state index >= 15 is 0 Å². The van der Waals surface area contributed by atoms with Crippen LogP contribution in [0, 0.1) is 5.82 Å². The molecule has 1 atom stereocenters. The van der Waals surface area contributed by atoms with Crippen molar-refractivity contribution in [3.05, 3.63) is 34.6 Å². The summed E-state index contributed by atoms with van der Waals surface area (Å²) in [6.45, 7) is 2.41. The molecule has 0 aliphatic rings. The SMILES string of the molecule is CC(CO)NCc1cc(F)cc(Cl)c1. The third-order valence-corrected chi connectivity index (χ3v) is 2.07. The van der Waals surface area contributed by atoms with E-state index < -0.39 is 0 Å². The van der Waals surface area contributed by atoms with Crippen molar-refractivity contribution in [1.82, 2.24) is 5.32 Å². The van der Waals surface area contributed by atoms with E-state index in [4.69, 9.17) is 16.7 Å². The quantitative estimate of drug-likeness (QED) is 0.808. The van der Waals surface area contributed by atoms with Crippen LogP contribution in [0.2, 0.25) is 5.02 Å². The molecule has 1 rings (SSSR count). The van der Waals surface area contributed by atoms with Crippen LogP contribution in [0.25, 0.3) is 0 Å². The predicted molar refractivity (Wildman–Crippen MR) is 54.8 cm³/mol. The molecule has 0 aliphatic carbocycles. The summed E-state index contributed by atoms with van der Waals surface area (Å²) in [6.07, 6.45) is 0. The third-order valence-electron chi connectivity index (χ3n) is 1.85. The minimum Gasteiger partial charge on any atom is -0.395 e. The number of benzene rings is 1. The molecule has 1 unspecified atom stereocenters. The molecule has 78 valence electrons. The van der Waals surface area contributed by atoms with Gasteiger partial charge in [0.1, 0.15) is 5.82 Å². The van der Waals surface area contributed by atoms with Crippen LogP contribution in [-0.2, 0) is 6.54 Å². The minimum absolute atomic E-state index is 0.00274. The van der Waals surface area contributed by atoms with Crippen LogP contribution in [0.15, 0.2) is 18.2 Å². The Bertz CT molecular complexity index is 286. The van der Waals surface area contributed by atoms with E-state index in [0.29, 0.717) is 11.6 Å². The van der Waals surface area contributed by atoms with Gasteiger partial charge in [-0.25, -0.2) is 4.39 Å². The Morgan fingerprint density at radius 2 is 2.21 bits per heavy atom. The van der Waals surface area contributed by atoms with Crippen molar-refractivity contribution in [2.75, 3.05) is 6.61 Å². The Morgan fingerprint density at radius 3 is 2.79 bits per heavy atom. The Hall–Kier alpha value is -0.640. The van der Waals surface area contributed by atoms with Crippen LogP contribution in [0.5, 0.6) is 0 Å². The van der Waals surface area contributed by atoms with E-state index in [1.807, 2.05) is 6.92 Å². The average molecular weight is 218 g/mol. The maximum atomic E-state index is 12.9. The molecule has 0 amide bonds. The maximum Gasteiger partial charge on any atom is 0.125 e. The summed E-state index contributed by atoms with van der Waals surface area (Å²) in [4.78, 5) is 0. The molecule has 2 N–H and O–H groups in total. The summed E-state index contributed by atoms with van der Waals surface area (Å²) >= 11 is 5.68. The monoisotopic (exact) mass is 217 g/mol. The van der Waals surface area contributed by atoms with Gasteiger partial charge >= 0.3 is 0 Å². The second kappa shape index (κ2) is 5.29. The van der Waals surface area contributed by atoms with Gasteiger partial charge in [-0.1, -0.05) is 11.6 Å². The molecule has 1 aromatic carbocycles. The van der Waals surface area contributed by atoms with Crippen LogP contribution in [0.1, 0.15) is 12.5 Å². The topological polar surface area (TPSA) is 32.3 Å². The molecule has 2 nitrogen and oxygen atoms in total. The van der Waals surface area contributed by atoms with E-state index in [9.17, 15) is 4.39 Å². The van der Waals surface area contributed by atoms with E-state index in [-0.39, 0.29) is 18.5 Å². The van der Waals surface area contributed by atoms with Gasteiger partial charge in [0.2, 0.25) is 0 Å². The predicted octanol–water partition coefficient (Wildman–Crippen LogP) is 1.95.